The van der Waals surface area contributed by atoms with Crippen molar-refractivity contribution in [3.8, 4) is 0 Å². The van der Waals surface area contributed by atoms with Gasteiger partial charge < -0.3 is 5.32 Å². The van der Waals surface area contributed by atoms with E-state index in [2.05, 4.69) is 15.0 Å². The molecule has 1 aromatic rings. The molecule has 20 heavy (non-hydrogen) atoms. The van der Waals surface area contributed by atoms with Gasteiger partial charge in [-0.25, -0.2) is 13.9 Å². The number of rotatable bonds is 6. The van der Waals surface area contributed by atoms with Crippen molar-refractivity contribution in [3.63, 3.8) is 0 Å². The van der Waals surface area contributed by atoms with Crippen LogP contribution in [0.4, 0.5) is 0 Å². The van der Waals surface area contributed by atoms with Crippen LogP contribution in [0.15, 0.2) is 12.3 Å². The molecule has 2 N–H and O–H groups in total. The first-order valence-electron chi connectivity index (χ1n) is 6.39. The van der Waals surface area contributed by atoms with Crippen LogP contribution in [0, 0.1) is 0 Å². The predicted molar refractivity (Wildman–Crippen MR) is 86.6 cm³/mol. The summed E-state index contributed by atoms with van der Waals surface area (Å²) in [5, 5.41) is 3.98. The van der Waals surface area contributed by atoms with Crippen molar-refractivity contribution in [3.05, 3.63) is 28.0 Å². The van der Waals surface area contributed by atoms with Crippen molar-refractivity contribution in [2.75, 3.05) is 13.6 Å². The van der Waals surface area contributed by atoms with Gasteiger partial charge in [0.25, 0.3) is 0 Å². The standard InChI is InChI=1S/C13H21Cl2N3OS/c1-13(2,3)20(19)18-11(5-6-16-4)10-7-9(14)8-17-12(10)15/h7-8,11,16,18H,5-6H2,1-4H3/t11-,20-/m0/s1. The Kier molecular flexibility index (Phi) is 6.88. The van der Waals surface area contributed by atoms with Crippen LogP contribution in [-0.2, 0) is 11.0 Å². The number of hydrogen-bond acceptors (Lipinski definition) is 3. The first kappa shape index (κ1) is 17.9. The molecule has 7 heteroatoms. The first-order chi connectivity index (χ1) is 9.25. The zero-order chi connectivity index (χ0) is 15.3. The maximum atomic E-state index is 12.3. The Morgan fingerprint density at radius 1 is 1.40 bits per heavy atom. The molecule has 0 spiro atoms. The lowest BCUT2D eigenvalue weighted by Crippen LogP contribution is -2.36. The second-order valence-electron chi connectivity index (χ2n) is 5.48. The van der Waals surface area contributed by atoms with Gasteiger partial charge in [-0.05, 0) is 46.9 Å². The Labute approximate surface area is 133 Å². The number of pyridine rings is 1. The molecule has 0 saturated carbocycles. The van der Waals surface area contributed by atoms with E-state index in [4.69, 9.17) is 23.2 Å². The highest BCUT2D eigenvalue weighted by molar-refractivity contribution is 7.84. The first-order valence-corrected chi connectivity index (χ1v) is 8.30. The summed E-state index contributed by atoms with van der Waals surface area (Å²) in [7, 11) is 0.677. The van der Waals surface area contributed by atoms with Crippen LogP contribution in [-0.4, -0.2) is 27.5 Å². The maximum Gasteiger partial charge on any atom is 0.133 e. The lowest BCUT2D eigenvalue weighted by molar-refractivity contribution is 0.555. The fourth-order valence-corrected chi connectivity index (χ4v) is 2.81. The number of halogens is 2. The summed E-state index contributed by atoms with van der Waals surface area (Å²) in [5.41, 5.74) is 0.770. The Balaban J connectivity index is 2.99. The van der Waals surface area contributed by atoms with Gasteiger partial charge in [0.1, 0.15) is 5.15 Å². The van der Waals surface area contributed by atoms with E-state index < -0.39 is 11.0 Å². The van der Waals surface area contributed by atoms with E-state index in [0.29, 0.717) is 10.2 Å². The average Bonchev–Trinajstić information content (AvgIpc) is 2.36. The van der Waals surface area contributed by atoms with Crippen molar-refractivity contribution < 1.29 is 4.21 Å². The van der Waals surface area contributed by atoms with Gasteiger partial charge in [-0.2, -0.15) is 0 Å². The molecule has 0 aliphatic heterocycles. The third kappa shape index (κ3) is 5.30. The largest absolute Gasteiger partial charge is 0.320 e. The number of nitrogens with one attached hydrogen (secondary N) is 2. The lowest BCUT2D eigenvalue weighted by Gasteiger charge is -2.25. The minimum Gasteiger partial charge on any atom is -0.320 e. The SMILES string of the molecule is CNCC[C@H](N[S@@](=O)C(C)(C)C)c1cc(Cl)cnc1Cl. The van der Waals surface area contributed by atoms with Gasteiger partial charge in [0.15, 0.2) is 0 Å². The molecule has 1 rings (SSSR count). The molecular weight excluding hydrogens is 317 g/mol. The summed E-state index contributed by atoms with van der Waals surface area (Å²) in [6.45, 7) is 6.52. The average molecular weight is 338 g/mol. The van der Waals surface area contributed by atoms with E-state index in [1.807, 2.05) is 27.8 Å². The fraction of sp³-hybridized carbons (Fsp3) is 0.615. The van der Waals surface area contributed by atoms with Gasteiger partial charge in [0, 0.05) is 17.8 Å². The number of hydrogen-bond donors (Lipinski definition) is 2. The molecule has 0 aliphatic carbocycles. The van der Waals surface area contributed by atoms with Crippen molar-refractivity contribution in [2.24, 2.45) is 0 Å². The third-order valence-electron chi connectivity index (χ3n) is 2.70. The Morgan fingerprint density at radius 3 is 2.60 bits per heavy atom. The molecule has 0 bridgehead atoms. The third-order valence-corrected chi connectivity index (χ3v) is 4.83. The minimum atomic E-state index is -1.19. The van der Waals surface area contributed by atoms with Gasteiger partial charge >= 0.3 is 0 Å². The zero-order valence-electron chi connectivity index (χ0n) is 12.2. The smallest absolute Gasteiger partial charge is 0.133 e. The normalized spacial score (nSPS) is 15.1. The molecule has 0 saturated heterocycles. The Morgan fingerprint density at radius 2 is 2.05 bits per heavy atom. The highest BCUT2D eigenvalue weighted by Gasteiger charge is 2.25. The van der Waals surface area contributed by atoms with Gasteiger partial charge in [-0.1, -0.05) is 23.2 Å². The second kappa shape index (κ2) is 7.71. The van der Waals surface area contributed by atoms with E-state index in [9.17, 15) is 4.21 Å². The quantitative estimate of drug-likeness (QED) is 0.784. The van der Waals surface area contributed by atoms with Crippen LogP contribution in [0.25, 0.3) is 0 Å². The maximum absolute atomic E-state index is 12.3. The lowest BCUT2D eigenvalue weighted by atomic mass is 10.1. The van der Waals surface area contributed by atoms with Crippen LogP contribution in [0.2, 0.25) is 10.2 Å². The van der Waals surface area contributed by atoms with Crippen LogP contribution in [0.1, 0.15) is 38.8 Å². The van der Waals surface area contributed by atoms with Crippen molar-refractivity contribution in [1.29, 1.82) is 0 Å². The molecule has 0 aromatic carbocycles. The van der Waals surface area contributed by atoms with Crippen LogP contribution in [0.5, 0.6) is 0 Å². The summed E-state index contributed by atoms with van der Waals surface area (Å²) in [6, 6.07) is 1.60. The van der Waals surface area contributed by atoms with Crippen molar-refractivity contribution >= 4 is 34.2 Å². The van der Waals surface area contributed by atoms with Gasteiger partial charge in [0.05, 0.1) is 20.8 Å². The Hall–Kier alpha value is -0.200. The minimum absolute atomic E-state index is 0.166. The van der Waals surface area contributed by atoms with E-state index in [1.54, 1.807) is 6.07 Å². The molecule has 1 heterocycles. The van der Waals surface area contributed by atoms with E-state index >= 15 is 0 Å². The van der Waals surface area contributed by atoms with E-state index in [1.165, 1.54) is 6.20 Å². The highest BCUT2D eigenvalue weighted by atomic mass is 35.5. The van der Waals surface area contributed by atoms with Crippen molar-refractivity contribution in [1.82, 2.24) is 15.0 Å². The van der Waals surface area contributed by atoms with Crippen LogP contribution in [0.3, 0.4) is 0 Å². The fourth-order valence-electron chi connectivity index (χ4n) is 1.56. The zero-order valence-corrected chi connectivity index (χ0v) is 14.5. The predicted octanol–water partition coefficient (Wildman–Crippen LogP) is 3.09. The molecule has 0 unspecified atom stereocenters. The molecule has 0 aliphatic rings. The molecule has 4 nitrogen and oxygen atoms in total. The summed E-state index contributed by atoms with van der Waals surface area (Å²) in [4.78, 5) is 4.05. The summed E-state index contributed by atoms with van der Waals surface area (Å²) >= 11 is 12.1. The summed E-state index contributed by atoms with van der Waals surface area (Å²) < 4.78 is 15.1. The molecule has 0 amide bonds. The molecule has 0 fully saturated rings. The number of nitrogens with zero attached hydrogens (tertiary/aromatic N) is 1. The van der Waals surface area contributed by atoms with Gasteiger partial charge in [0.2, 0.25) is 0 Å². The molecular formula is C13H21Cl2N3OS. The molecule has 1 aromatic heterocycles. The Bertz CT molecular complexity index is 477. The summed E-state index contributed by atoms with van der Waals surface area (Å²) in [6.07, 6.45) is 2.24. The molecule has 114 valence electrons. The van der Waals surface area contributed by atoms with Gasteiger partial charge in [-0.15, -0.1) is 0 Å². The van der Waals surface area contributed by atoms with Crippen LogP contribution >= 0.6 is 23.2 Å². The second-order valence-corrected chi connectivity index (χ2v) is 8.27. The molecule has 0 radical (unpaired) electrons. The topological polar surface area (TPSA) is 54.0 Å². The number of aromatic nitrogens is 1. The van der Waals surface area contributed by atoms with E-state index in [0.717, 1.165) is 18.5 Å². The van der Waals surface area contributed by atoms with E-state index in [-0.39, 0.29) is 10.8 Å². The molecule has 2 atom stereocenters. The monoisotopic (exact) mass is 337 g/mol. The van der Waals surface area contributed by atoms with Gasteiger partial charge in [-0.3, -0.25) is 0 Å². The van der Waals surface area contributed by atoms with Crippen molar-refractivity contribution in [2.45, 2.75) is 38.0 Å². The summed E-state index contributed by atoms with van der Waals surface area (Å²) in [5.74, 6) is 0. The highest BCUT2D eigenvalue weighted by Crippen LogP contribution is 2.27. The van der Waals surface area contributed by atoms with Crippen LogP contribution < -0.4 is 10.0 Å².